The van der Waals surface area contributed by atoms with Crippen LogP contribution in [-0.4, -0.2) is 48.0 Å². The molecule has 7 nitrogen and oxygen atoms in total. The van der Waals surface area contributed by atoms with Crippen molar-refractivity contribution in [3.63, 3.8) is 0 Å². The van der Waals surface area contributed by atoms with E-state index in [0.29, 0.717) is 35.8 Å². The summed E-state index contributed by atoms with van der Waals surface area (Å²) in [4.78, 5) is 15.3. The SMILES string of the molecule is CCOc1ccc2c(c1)CN(CC(=O)N(c1ccc(NC)c(O)c1)C1CC1)N=C2c1cccc(F)c1. The number of carbonyl (C=O) groups is 1. The van der Waals surface area contributed by atoms with Crippen LogP contribution in [0.15, 0.2) is 65.8 Å². The van der Waals surface area contributed by atoms with Crippen molar-refractivity contribution in [2.45, 2.75) is 32.4 Å². The summed E-state index contributed by atoms with van der Waals surface area (Å²) in [6, 6.07) is 17.4. The molecule has 1 fully saturated rings. The molecule has 3 aromatic rings. The maximum atomic E-state index is 14.1. The third-order valence-electron chi connectivity index (χ3n) is 6.36. The molecular formula is C28H29FN4O3. The van der Waals surface area contributed by atoms with Gasteiger partial charge in [0.05, 0.1) is 24.6 Å². The summed E-state index contributed by atoms with van der Waals surface area (Å²) in [6.45, 7) is 2.93. The van der Waals surface area contributed by atoms with E-state index >= 15 is 0 Å². The molecule has 0 saturated heterocycles. The van der Waals surface area contributed by atoms with Gasteiger partial charge in [-0.15, -0.1) is 0 Å². The molecule has 186 valence electrons. The van der Waals surface area contributed by atoms with Crippen LogP contribution in [-0.2, 0) is 11.3 Å². The fourth-order valence-electron chi connectivity index (χ4n) is 4.56. The zero-order valence-electron chi connectivity index (χ0n) is 20.4. The number of anilines is 2. The molecule has 0 radical (unpaired) electrons. The lowest BCUT2D eigenvalue weighted by Crippen LogP contribution is -2.41. The Morgan fingerprint density at radius 3 is 2.72 bits per heavy atom. The lowest BCUT2D eigenvalue weighted by molar-refractivity contribution is -0.120. The Morgan fingerprint density at radius 1 is 1.19 bits per heavy atom. The van der Waals surface area contributed by atoms with Crippen LogP contribution in [0.5, 0.6) is 11.5 Å². The topological polar surface area (TPSA) is 77.4 Å². The molecule has 5 rings (SSSR count). The minimum absolute atomic E-state index is 0.0438. The molecule has 3 aromatic carbocycles. The van der Waals surface area contributed by atoms with Gasteiger partial charge in [-0.3, -0.25) is 9.80 Å². The van der Waals surface area contributed by atoms with Gasteiger partial charge >= 0.3 is 0 Å². The molecule has 0 bridgehead atoms. The first-order valence-electron chi connectivity index (χ1n) is 12.1. The lowest BCUT2D eigenvalue weighted by atomic mass is 9.95. The number of nitrogens with zero attached hydrogens (tertiary/aromatic N) is 3. The average molecular weight is 489 g/mol. The number of rotatable bonds is 8. The zero-order valence-corrected chi connectivity index (χ0v) is 20.4. The van der Waals surface area contributed by atoms with Gasteiger partial charge in [-0.05, 0) is 67.8 Å². The second-order valence-corrected chi connectivity index (χ2v) is 8.98. The highest BCUT2D eigenvalue weighted by Gasteiger charge is 2.35. The summed E-state index contributed by atoms with van der Waals surface area (Å²) in [7, 11) is 1.73. The van der Waals surface area contributed by atoms with Gasteiger partial charge in [0.15, 0.2) is 0 Å². The third-order valence-corrected chi connectivity index (χ3v) is 6.36. The third kappa shape index (κ3) is 4.84. The molecule has 36 heavy (non-hydrogen) atoms. The van der Waals surface area contributed by atoms with E-state index in [1.54, 1.807) is 35.2 Å². The van der Waals surface area contributed by atoms with Crippen molar-refractivity contribution >= 4 is 23.0 Å². The average Bonchev–Trinajstić information content (AvgIpc) is 3.69. The smallest absolute Gasteiger partial charge is 0.248 e. The Balaban J connectivity index is 1.46. The maximum absolute atomic E-state index is 14.1. The summed E-state index contributed by atoms with van der Waals surface area (Å²) < 4.78 is 19.8. The number of phenolic OH excluding ortho intramolecular Hbond substituents is 1. The molecule has 1 heterocycles. The number of phenols is 1. The van der Waals surface area contributed by atoms with Crippen LogP contribution < -0.4 is 15.0 Å². The van der Waals surface area contributed by atoms with E-state index in [0.717, 1.165) is 29.7 Å². The van der Waals surface area contributed by atoms with Gasteiger partial charge in [0.2, 0.25) is 5.91 Å². The summed E-state index contributed by atoms with van der Waals surface area (Å²) in [5, 5.41) is 19.8. The highest BCUT2D eigenvalue weighted by atomic mass is 19.1. The Morgan fingerprint density at radius 2 is 2.03 bits per heavy atom. The normalized spacial score (nSPS) is 14.6. The number of ether oxygens (including phenoxy) is 1. The van der Waals surface area contributed by atoms with E-state index in [9.17, 15) is 14.3 Å². The molecule has 0 unspecified atom stereocenters. The largest absolute Gasteiger partial charge is 0.506 e. The first-order chi connectivity index (χ1) is 17.5. The van der Waals surface area contributed by atoms with E-state index in [2.05, 4.69) is 5.32 Å². The predicted octanol–water partition coefficient (Wildman–Crippen LogP) is 4.74. The first kappa shape index (κ1) is 23.7. The number of hydrogen-bond acceptors (Lipinski definition) is 6. The quantitative estimate of drug-likeness (QED) is 0.448. The monoisotopic (exact) mass is 488 g/mol. The molecule has 0 atom stereocenters. The molecule has 8 heteroatoms. The fraction of sp³-hybridized carbons (Fsp3) is 0.286. The van der Waals surface area contributed by atoms with Crippen LogP contribution in [0, 0.1) is 5.82 Å². The zero-order chi connectivity index (χ0) is 25.2. The van der Waals surface area contributed by atoms with Crippen molar-refractivity contribution in [2.75, 3.05) is 30.4 Å². The number of hydrogen-bond donors (Lipinski definition) is 2. The number of hydrazone groups is 1. The molecule has 1 aliphatic carbocycles. The first-order valence-corrected chi connectivity index (χ1v) is 12.1. The highest BCUT2D eigenvalue weighted by Crippen LogP contribution is 2.36. The molecule has 1 amide bonds. The number of fused-ring (bicyclic) bond motifs is 1. The van der Waals surface area contributed by atoms with Gasteiger partial charge in [0.25, 0.3) is 0 Å². The number of carbonyl (C=O) groups excluding carboxylic acids is 1. The van der Waals surface area contributed by atoms with E-state index in [1.807, 2.05) is 37.3 Å². The van der Waals surface area contributed by atoms with Gasteiger partial charge in [-0.25, -0.2) is 4.39 Å². The van der Waals surface area contributed by atoms with Gasteiger partial charge in [-0.1, -0.05) is 12.1 Å². The number of amides is 1. The Labute approximate surface area is 209 Å². The number of benzene rings is 3. The van der Waals surface area contributed by atoms with Crippen molar-refractivity contribution in [2.24, 2.45) is 5.10 Å². The van der Waals surface area contributed by atoms with Crippen molar-refractivity contribution in [3.05, 3.63) is 83.2 Å². The van der Waals surface area contributed by atoms with E-state index in [4.69, 9.17) is 9.84 Å². The standard InChI is InChI=1S/C28H29FN4O3/c1-3-36-23-10-11-24-19(14-23)16-32(31-28(24)18-5-4-6-20(29)13-18)17-27(35)33(21-7-8-21)22-9-12-25(30-2)26(34)15-22/h4-6,9-15,21,30,34H,3,7-8,16-17H2,1-2H3. The number of halogens is 1. The molecule has 1 saturated carbocycles. The summed E-state index contributed by atoms with van der Waals surface area (Å²) in [6.07, 6.45) is 1.83. The molecular weight excluding hydrogens is 459 g/mol. The summed E-state index contributed by atoms with van der Waals surface area (Å²) >= 11 is 0. The van der Waals surface area contributed by atoms with Crippen molar-refractivity contribution in [1.29, 1.82) is 0 Å². The van der Waals surface area contributed by atoms with Crippen LogP contribution in [0.25, 0.3) is 0 Å². The van der Waals surface area contributed by atoms with Crippen molar-refractivity contribution in [1.82, 2.24) is 5.01 Å². The Kier molecular flexibility index (Phi) is 6.50. The van der Waals surface area contributed by atoms with Gasteiger partial charge in [0, 0.05) is 36.0 Å². The van der Waals surface area contributed by atoms with Crippen LogP contribution in [0.4, 0.5) is 15.8 Å². The minimum atomic E-state index is -0.347. The van der Waals surface area contributed by atoms with E-state index < -0.39 is 0 Å². The van der Waals surface area contributed by atoms with Crippen LogP contribution in [0.1, 0.15) is 36.5 Å². The van der Waals surface area contributed by atoms with Crippen molar-refractivity contribution < 1.29 is 19.0 Å². The summed E-state index contributed by atoms with van der Waals surface area (Å²) in [5.41, 5.74) is 4.36. The van der Waals surface area contributed by atoms with Crippen LogP contribution >= 0.6 is 0 Å². The second-order valence-electron chi connectivity index (χ2n) is 8.98. The minimum Gasteiger partial charge on any atom is -0.506 e. The van der Waals surface area contributed by atoms with E-state index in [-0.39, 0.29) is 30.1 Å². The van der Waals surface area contributed by atoms with Crippen LogP contribution in [0.3, 0.4) is 0 Å². The predicted molar refractivity (Wildman–Crippen MR) is 138 cm³/mol. The molecule has 0 spiro atoms. The molecule has 2 N–H and O–H groups in total. The highest BCUT2D eigenvalue weighted by molar-refractivity contribution is 6.14. The Hall–Kier alpha value is -4.07. The fourth-order valence-corrected chi connectivity index (χ4v) is 4.56. The van der Waals surface area contributed by atoms with Gasteiger partial charge in [-0.2, -0.15) is 5.10 Å². The summed E-state index contributed by atoms with van der Waals surface area (Å²) in [5.74, 6) is 0.374. The molecule has 2 aliphatic rings. The molecule has 1 aliphatic heterocycles. The van der Waals surface area contributed by atoms with Crippen LogP contribution in [0.2, 0.25) is 0 Å². The van der Waals surface area contributed by atoms with Gasteiger partial charge in [0.1, 0.15) is 23.9 Å². The number of nitrogens with one attached hydrogen (secondary N) is 1. The second kappa shape index (κ2) is 9.89. The van der Waals surface area contributed by atoms with E-state index in [1.165, 1.54) is 12.1 Å². The molecule has 0 aromatic heterocycles. The Bertz CT molecular complexity index is 1320. The van der Waals surface area contributed by atoms with Gasteiger partial charge < -0.3 is 20.1 Å². The van der Waals surface area contributed by atoms with Crippen molar-refractivity contribution in [3.8, 4) is 11.5 Å². The lowest BCUT2D eigenvalue weighted by Gasteiger charge is -2.30. The maximum Gasteiger partial charge on any atom is 0.248 e. The number of aromatic hydroxyl groups is 1.